The minimum absolute atomic E-state index is 0.0510. The molecular formula is C25H28N2O8S. The lowest BCUT2D eigenvalue weighted by atomic mass is 9.95. The third kappa shape index (κ3) is 5.31. The molecule has 0 saturated carbocycles. The monoisotopic (exact) mass is 516 g/mol. The van der Waals surface area contributed by atoms with Crippen LogP contribution in [0.15, 0.2) is 64.6 Å². The average Bonchev–Trinajstić information content (AvgIpc) is 3.62. The van der Waals surface area contributed by atoms with Crippen LogP contribution in [0.2, 0.25) is 0 Å². The van der Waals surface area contributed by atoms with E-state index in [1.807, 2.05) is 13.8 Å². The second-order valence-corrected chi connectivity index (χ2v) is 10.2. The summed E-state index contributed by atoms with van der Waals surface area (Å²) in [6, 6.07) is 10.2. The molecule has 192 valence electrons. The van der Waals surface area contributed by atoms with E-state index in [-0.39, 0.29) is 28.1 Å². The van der Waals surface area contributed by atoms with Gasteiger partial charge in [0, 0.05) is 12.1 Å². The highest BCUT2D eigenvalue weighted by atomic mass is 32.2. The standard InChI is InChI=1S/C25H28N2O8S/c1-5-6-7-20(21(24(28)34-3)25(29)35-4)23-22(17-10-12-18(13-11-17)27(30)31)26(23)36(32,33)19-14-8-16(2)9-15-19/h8-15,22-23H,5-7H2,1-4H3/t22-,23+,26?/m0/s1. The van der Waals surface area contributed by atoms with E-state index in [0.29, 0.717) is 12.0 Å². The van der Waals surface area contributed by atoms with Crippen LogP contribution in [0.5, 0.6) is 0 Å². The van der Waals surface area contributed by atoms with Gasteiger partial charge in [-0.15, -0.1) is 0 Å². The van der Waals surface area contributed by atoms with Crippen molar-refractivity contribution in [2.75, 3.05) is 14.2 Å². The van der Waals surface area contributed by atoms with Gasteiger partial charge in [-0.3, -0.25) is 10.1 Å². The molecule has 3 rings (SSSR count). The number of nitro groups is 1. The van der Waals surface area contributed by atoms with Crippen molar-refractivity contribution in [2.24, 2.45) is 0 Å². The fourth-order valence-corrected chi connectivity index (χ4v) is 5.89. The summed E-state index contributed by atoms with van der Waals surface area (Å²) in [5.41, 5.74) is 1.17. The first-order valence-corrected chi connectivity index (χ1v) is 12.8. The lowest BCUT2D eigenvalue weighted by Gasteiger charge is -2.13. The van der Waals surface area contributed by atoms with E-state index < -0.39 is 39.0 Å². The van der Waals surface area contributed by atoms with Crippen molar-refractivity contribution in [2.45, 2.75) is 50.1 Å². The Bertz CT molecular complexity index is 1270. The molecule has 1 heterocycles. The molecule has 0 spiro atoms. The van der Waals surface area contributed by atoms with Crippen molar-refractivity contribution in [3.8, 4) is 0 Å². The van der Waals surface area contributed by atoms with Gasteiger partial charge in [-0.2, -0.15) is 4.31 Å². The third-order valence-corrected chi connectivity index (χ3v) is 7.93. The molecule has 11 heteroatoms. The number of carbonyl (C=O) groups is 2. The van der Waals surface area contributed by atoms with Crippen LogP contribution >= 0.6 is 0 Å². The lowest BCUT2D eigenvalue weighted by Crippen LogP contribution is -2.23. The van der Waals surface area contributed by atoms with Crippen molar-refractivity contribution in [1.82, 2.24) is 4.31 Å². The molecule has 0 radical (unpaired) electrons. The molecule has 10 nitrogen and oxygen atoms in total. The van der Waals surface area contributed by atoms with Gasteiger partial charge in [-0.1, -0.05) is 43.2 Å². The zero-order valence-electron chi connectivity index (χ0n) is 20.5. The van der Waals surface area contributed by atoms with Gasteiger partial charge in [-0.05, 0) is 43.0 Å². The zero-order valence-corrected chi connectivity index (χ0v) is 21.3. The molecule has 36 heavy (non-hydrogen) atoms. The molecule has 2 aromatic rings. The number of non-ortho nitro benzene ring substituents is 1. The Morgan fingerprint density at radius 3 is 2.03 bits per heavy atom. The maximum atomic E-state index is 13.7. The first kappa shape index (κ1) is 27.0. The van der Waals surface area contributed by atoms with Crippen molar-refractivity contribution in [1.29, 1.82) is 0 Å². The third-order valence-electron chi connectivity index (χ3n) is 6.06. The first-order valence-electron chi connectivity index (χ1n) is 11.3. The van der Waals surface area contributed by atoms with E-state index >= 15 is 0 Å². The topological polar surface area (TPSA) is 133 Å². The highest BCUT2D eigenvalue weighted by Crippen LogP contribution is 2.53. The Morgan fingerprint density at radius 2 is 1.56 bits per heavy atom. The summed E-state index contributed by atoms with van der Waals surface area (Å²) in [5.74, 6) is -1.84. The highest BCUT2D eigenvalue weighted by Gasteiger charge is 2.59. The number of nitrogens with zero attached hydrogens (tertiary/aromatic N) is 2. The summed E-state index contributed by atoms with van der Waals surface area (Å²) in [6.07, 6.45) is 1.55. The number of aryl methyl sites for hydroxylation is 1. The number of benzene rings is 2. The predicted molar refractivity (Wildman–Crippen MR) is 130 cm³/mol. The normalized spacial score (nSPS) is 18.7. The van der Waals surface area contributed by atoms with Gasteiger partial charge < -0.3 is 9.47 Å². The average molecular weight is 517 g/mol. The van der Waals surface area contributed by atoms with Crippen LogP contribution in [-0.2, 0) is 29.1 Å². The van der Waals surface area contributed by atoms with Gasteiger partial charge in [0.05, 0.1) is 36.1 Å². The maximum absolute atomic E-state index is 13.7. The summed E-state index contributed by atoms with van der Waals surface area (Å²) < 4.78 is 38.3. The number of unbranched alkanes of at least 4 members (excludes halogenated alkanes) is 1. The summed E-state index contributed by atoms with van der Waals surface area (Å²) in [7, 11) is -1.80. The van der Waals surface area contributed by atoms with Crippen molar-refractivity contribution < 1.29 is 32.4 Å². The van der Waals surface area contributed by atoms with Crippen LogP contribution in [0, 0.1) is 17.0 Å². The summed E-state index contributed by atoms with van der Waals surface area (Å²) in [4.78, 5) is 35.9. The van der Waals surface area contributed by atoms with Gasteiger partial charge in [0.25, 0.3) is 5.69 Å². The second kappa shape index (κ2) is 11.0. The number of methoxy groups -OCH3 is 2. The predicted octanol–water partition coefficient (Wildman–Crippen LogP) is 3.85. The molecule has 1 unspecified atom stereocenters. The van der Waals surface area contributed by atoms with Gasteiger partial charge in [0.1, 0.15) is 5.57 Å². The van der Waals surface area contributed by atoms with E-state index in [1.165, 1.54) is 40.7 Å². The second-order valence-electron chi connectivity index (χ2n) is 8.37. The van der Waals surface area contributed by atoms with Crippen LogP contribution in [0.4, 0.5) is 5.69 Å². The lowest BCUT2D eigenvalue weighted by molar-refractivity contribution is -0.384. The molecule has 1 saturated heterocycles. The zero-order chi connectivity index (χ0) is 26.6. The smallest absolute Gasteiger partial charge is 0.345 e. The minimum atomic E-state index is -4.06. The summed E-state index contributed by atoms with van der Waals surface area (Å²) in [5, 5.41) is 11.1. The molecule has 2 aromatic carbocycles. The fraction of sp³-hybridized carbons (Fsp3) is 0.360. The molecular weight excluding hydrogens is 488 g/mol. The quantitative estimate of drug-likeness (QED) is 0.0884. The van der Waals surface area contributed by atoms with Crippen LogP contribution < -0.4 is 0 Å². The number of hydrogen-bond acceptors (Lipinski definition) is 8. The molecule has 1 aliphatic heterocycles. The number of esters is 2. The number of nitro benzene ring substituents is 1. The van der Waals surface area contributed by atoms with Crippen molar-refractivity contribution >= 4 is 27.6 Å². The van der Waals surface area contributed by atoms with Crippen molar-refractivity contribution in [3.05, 3.63) is 80.9 Å². The van der Waals surface area contributed by atoms with Gasteiger partial charge in [0.15, 0.2) is 0 Å². The highest BCUT2D eigenvalue weighted by molar-refractivity contribution is 7.89. The van der Waals surface area contributed by atoms with E-state index in [1.54, 1.807) is 12.1 Å². The van der Waals surface area contributed by atoms with E-state index in [2.05, 4.69) is 0 Å². The number of sulfonamides is 1. The van der Waals surface area contributed by atoms with E-state index in [9.17, 15) is 28.1 Å². The fourth-order valence-electron chi connectivity index (χ4n) is 4.15. The summed E-state index contributed by atoms with van der Waals surface area (Å²) >= 11 is 0. The molecule has 0 aromatic heterocycles. The van der Waals surface area contributed by atoms with Crippen LogP contribution in [0.1, 0.15) is 43.4 Å². The number of hydrogen-bond donors (Lipinski definition) is 0. The number of ether oxygens (including phenoxy) is 2. The number of rotatable bonds is 10. The van der Waals surface area contributed by atoms with Crippen LogP contribution in [-0.4, -0.2) is 49.8 Å². The molecule has 0 bridgehead atoms. The molecule has 1 aliphatic rings. The molecule has 0 aliphatic carbocycles. The first-order chi connectivity index (χ1) is 17.1. The largest absolute Gasteiger partial charge is 0.465 e. The van der Waals surface area contributed by atoms with E-state index in [0.717, 1.165) is 26.2 Å². The van der Waals surface area contributed by atoms with Crippen LogP contribution in [0.3, 0.4) is 0 Å². The summed E-state index contributed by atoms with van der Waals surface area (Å²) in [6.45, 7) is 3.76. The Hall–Kier alpha value is -3.57. The molecule has 1 fully saturated rings. The van der Waals surface area contributed by atoms with Crippen molar-refractivity contribution in [3.63, 3.8) is 0 Å². The molecule has 0 amide bonds. The van der Waals surface area contributed by atoms with E-state index in [4.69, 9.17) is 9.47 Å². The molecule has 0 N–H and O–H groups in total. The minimum Gasteiger partial charge on any atom is -0.465 e. The number of carbonyl (C=O) groups excluding carboxylic acids is 2. The Balaban J connectivity index is 2.21. The SMILES string of the molecule is CCCCC(=C(C(=O)OC)C(=O)OC)[C@@H]1[C@H](c2ccc([N+](=O)[O-])cc2)N1S(=O)(=O)c1ccc(C)cc1. The Labute approximate surface area is 209 Å². The van der Waals surface area contributed by atoms with Gasteiger partial charge >= 0.3 is 11.9 Å². The van der Waals surface area contributed by atoms with Gasteiger partial charge in [0.2, 0.25) is 10.0 Å². The Kier molecular flexibility index (Phi) is 8.26. The van der Waals surface area contributed by atoms with Crippen LogP contribution in [0.25, 0.3) is 0 Å². The molecule has 3 atom stereocenters. The Morgan fingerprint density at radius 1 is 1.00 bits per heavy atom. The maximum Gasteiger partial charge on any atom is 0.345 e. The van der Waals surface area contributed by atoms with Gasteiger partial charge in [-0.25, -0.2) is 18.0 Å².